The molecule has 1 aliphatic carbocycles. The normalized spacial score (nSPS) is 17.5. The SMILES string of the molecule is O=C=C1C(Cl)=CC=CC1NC(=O)c1cccc(C(Cl)(Cl)Cl)c1F. The molecule has 23 heavy (non-hydrogen) atoms. The van der Waals surface area contributed by atoms with Gasteiger partial charge < -0.3 is 5.32 Å². The molecule has 1 aromatic rings. The van der Waals surface area contributed by atoms with Crippen LogP contribution in [0.15, 0.2) is 47.0 Å². The molecule has 0 saturated carbocycles. The fraction of sp³-hybridized carbons (Fsp3) is 0.133. The lowest BCUT2D eigenvalue weighted by Gasteiger charge is -2.19. The number of allylic oxidation sites excluding steroid dienone is 2. The van der Waals surface area contributed by atoms with Gasteiger partial charge in [0.25, 0.3) is 5.91 Å². The van der Waals surface area contributed by atoms with Crippen molar-refractivity contribution in [2.45, 2.75) is 9.83 Å². The van der Waals surface area contributed by atoms with Crippen LogP contribution in [-0.2, 0) is 8.59 Å². The molecule has 1 aliphatic rings. The lowest BCUT2D eigenvalue weighted by Crippen LogP contribution is -2.36. The van der Waals surface area contributed by atoms with E-state index < -0.39 is 21.6 Å². The molecule has 0 aromatic heterocycles. The zero-order valence-corrected chi connectivity index (χ0v) is 14.3. The number of carbonyl (C=O) groups excluding carboxylic acids is 2. The van der Waals surface area contributed by atoms with Crippen LogP contribution in [0.3, 0.4) is 0 Å². The van der Waals surface area contributed by atoms with E-state index in [4.69, 9.17) is 46.4 Å². The Bertz CT molecular complexity index is 761. The number of hydrogen-bond donors (Lipinski definition) is 1. The Morgan fingerprint density at radius 3 is 2.61 bits per heavy atom. The maximum atomic E-state index is 14.4. The molecule has 1 N–H and O–H groups in total. The highest BCUT2D eigenvalue weighted by atomic mass is 35.6. The fourth-order valence-electron chi connectivity index (χ4n) is 1.96. The lowest BCUT2D eigenvalue weighted by atomic mass is 10.0. The molecule has 8 heteroatoms. The van der Waals surface area contributed by atoms with Crippen molar-refractivity contribution < 1.29 is 14.0 Å². The molecule has 0 spiro atoms. The number of halogens is 5. The van der Waals surface area contributed by atoms with Gasteiger partial charge in [0, 0.05) is 5.56 Å². The first-order valence-electron chi connectivity index (χ1n) is 6.21. The van der Waals surface area contributed by atoms with E-state index in [2.05, 4.69) is 5.32 Å². The van der Waals surface area contributed by atoms with E-state index in [0.717, 1.165) is 0 Å². The lowest BCUT2D eigenvalue weighted by molar-refractivity contribution is 0.0945. The fourth-order valence-corrected chi connectivity index (χ4v) is 2.63. The predicted octanol–water partition coefficient (Wildman–Crippen LogP) is 4.20. The van der Waals surface area contributed by atoms with E-state index in [1.807, 2.05) is 0 Å². The van der Waals surface area contributed by atoms with Crippen LogP contribution in [0.25, 0.3) is 0 Å². The van der Waals surface area contributed by atoms with E-state index in [1.165, 1.54) is 30.4 Å². The maximum absolute atomic E-state index is 14.4. The highest BCUT2D eigenvalue weighted by Gasteiger charge is 2.30. The van der Waals surface area contributed by atoms with Crippen LogP contribution >= 0.6 is 46.4 Å². The van der Waals surface area contributed by atoms with Gasteiger partial charge in [-0.15, -0.1) is 0 Å². The van der Waals surface area contributed by atoms with Crippen molar-refractivity contribution in [3.63, 3.8) is 0 Å². The van der Waals surface area contributed by atoms with Gasteiger partial charge in [0.15, 0.2) is 0 Å². The number of hydrogen-bond acceptors (Lipinski definition) is 2. The maximum Gasteiger partial charge on any atom is 0.255 e. The summed E-state index contributed by atoms with van der Waals surface area (Å²) in [6.07, 6.45) is 4.55. The molecule has 0 radical (unpaired) electrons. The quantitative estimate of drug-likeness (QED) is 0.603. The number of carbonyl (C=O) groups is 1. The second kappa shape index (κ2) is 7.08. The molecule has 0 aliphatic heterocycles. The van der Waals surface area contributed by atoms with E-state index in [-0.39, 0.29) is 21.7 Å². The van der Waals surface area contributed by atoms with Gasteiger partial charge >= 0.3 is 0 Å². The summed E-state index contributed by atoms with van der Waals surface area (Å²) in [6, 6.07) is 3.05. The molecular weight excluding hydrogens is 387 g/mol. The summed E-state index contributed by atoms with van der Waals surface area (Å²) >= 11 is 22.9. The largest absolute Gasteiger partial charge is 0.341 e. The van der Waals surface area contributed by atoms with Gasteiger partial charge in [-0.1, -0.05) is 70.7 Å². The molecule has 0 saturated heterocycles. The van der Waals surface area contributed by atoms with Gasteiger partial charge in [-0.25, -0.2) is 9.18 Å². The van der Waals surface area contributed by atoms with Crippen LogP contribution in [0.5, 0.6) is 0 Å². The van der Waals surface area contributed by atoms with Crippen molar-refractivity contribution in [1.29, 1.82) is 0 Å². The number of nitrogens with one attached hydrogen (secondary N) is 1. The third-order valence-electron chi connectivity index (χ3n) is 3.06. The molecule has 120 valence electrons. The number of rotatable bonds is 2. The van der Waals surface area contributed by atoms with Gasteiger partial charge in [0.1, 0.15) is 11.8 Å². The minimum Gasteiger partial charge on any atom is -0.341 e. The van der Waals surface area contributed by atoms with Gasteiger partial charge in [0.05, 0.1) is 22.2 Å². The second-order valence-corrected chi connectivity index (χ2v) is 7.22. The standard InChI is InChI=1S/C15H8Cl4FNO2/c16-11-5-2-6-12(9(11)7-22)21-14(23)8-3-1-4-10(13(8)20)15(17,18)19/h1-6,12H,(H,21,23). The average molecular weight is 395 g/mol. The third kappa shape index (κ3) is 3.97. The summed E-state index contributed by atoms with van der Waals surface area (Å²) < 4.78 is 12.4. The summed E-state index contributed by atoms with van der Waals surface area (Å²) in [7, 11) is 0. The van der Waals surface area contributed by atoms with Crippen LogP contribution in [-0.4, -0.2) is 17.9 Å². The van der Waals surface area contributed by atoms with Crippen molar-refractivity contribution in [3.8, 4) is 0 Å². The molecule has 0 fully saturated rings. The molecular formula is C15H8Cl4FNO2. The van der Waals surface area contributed by atoms with Gasteiger partial charge in [-0.05, 0) is 12.1 Å². The number of benzene rings is 1. The minimum atomic E-state index is -2.01. The van der Waals surface area contributed by atoms with E-state index in [9.17, 15) is 14.0 Å². The second-order valence-electron chi connectivity index (χ2n) is 4.53. The van der Waals surface area contributed by atoms with Gasteiger partial charge in [-0.2, -0.15) is 0 Å². The molecule has 1 amide bonds. The molecule has 0 bridgehead atoms. The Labute approximate surface area is 151 Å². The summed E-state index contributed by atoms with van der Waals surface area (Å²) in [5, 5.41) is 2.61. The van der Waals surface area contributed by atoms with Gasteiger partial charge in [0.2, 0.25) is 3.79 Å². The summed E-state index contributed by atoms with van der Waals surface area (Å²) in [6.45, 7) is 0. The molecule has 1 aromatic carbocycles. The van der Waals surface area contributed by atoms with E-state index >= 15 is 0 Å². The Kier molecular flexibility index (Phi) is 5.56. The summed E-state index contributed by atoms with van der Waals surface area (Å²) in [5.41, 5.74) is -0.531. The zero-order chi connectivity index (χ0) is 17.2. The molecule has 0 heterocycles. The van der Waals surface area contributed by atoms with Crippen LogP contribution in [0, 0.1) is 5.82 Å². The van der Waals surface area contributed by atoms with E-state index in [1.54, 1.807) is 12.0 Å². The third-order valence-corrected chi connectivity index (χ3v) is 4.00. The van der Waals surface area contributed by atoms with Crippen molar-refractivity contribution in [2.75, 3.05) is 0 Å². The summed E-state index contributed by atoms with van der Waals surface area (Å²) in [5.74, 6) is -0.0861. The highest BCUT2D eigenvalue weighted by molar-refractivity contribution is 6.66. The zero-order valence-electron chi connectivity index (χ0n) is 11.2. The van der Waals surface area contributed by atoms with Crippen molar-refractivity contribution in [3.05, 3.63) is 64.0 Å². The van der Waals surface area contributed by atoms with Crippen LogP contribution in [0.2, 0.25) is 0 Å². The molecule has 1 unspecified atom stereocenters. The molecule has 2 rings (SSSR count). The first-order chi connectivity index (χ1) is 10.8. The highest BCUT2D eigenvalue weighted by Crippen LogP contribution is 2.40. The van der Waals surface area contributed by atoms with Crippen LogP contribution in [0.1, 0.15) is 15.9 Å². The van der Waals surface area contributed by atoms with Crippen molar-refractivity contribution in [1.82, 2.24) is 5.32 Å². The Morgan fingerprint density at radius 1 is 1.30 bits per heavy atom. The summed E-state index contributed by atoms with van der Waals surface area (Å²) in [4.78, 5) is 23.2. The Balaban J connectivity index is 2.31. The van der Waals surface area contributed by atoms with Crippen LogP contribution in [0.4, 0.5) is 4.39 Å². The van der Waals surface area contributed by atoms with Crippen molar-refractivity contribution in [2.24, 2.45) is 0 Å². The van der Waals surface area contributed by atoms with E-state index in [0.29, 0.717) is 0 Å². The average Bonchev–Trinajstić information content (AvgIpc) is 2.46. The first-order valence-corrected chi connectivity index (χ1v) is 7.73. The van der Waals surface area contributed by atoms with Crippen LogP contribution < -0.4 is 5.32 Å². The van der Waals surface area contributed by atoms with Crippen molar-refractivity contribution >= 4 is 58.3 Å². The monoisotopic (exact) mass is 393 g/mol. The first kappa shape index (κ1) is 18.1. The molecule has 1 atom stereocenters. The Morgan fingerprint density at radius 2 is 2.00 bits per heavy atom. The smallest absolute Gasteiger partial charge is 0.255 e. The minimum absolute atomic E-state index is 0.0421. The predicted molar refractivity (Wildman–Crippen MR) is 89.2 cm³/mol. The topological polar surface area (TPSA) is 46.2 Å². The number of amides is 1. The van der Waals surface area contributed by atoms with Gasteiger partial charge in [-0.3, -0.25) is 4.79 Å². The number of alkyl halides is 3. The Hall–Kier alpha value is -1.29. The molecule has 3 nitrogen and oxygen atoms in total.